The highest BCUT2D eigenvalue weighted by molar-refractivity contribution is 7.89. The summed E-state index contributed by atoms with van der Waals surface area (Å²) in [5.74, 6) is -0.462. The molecule has 0 aliphatic carbocycles. The lowest BCUT2D eigenvalue weighted by Gasteiger charge is -2.25. The number of amides is 2. The van der Waals surface area contributed by atoms with Crippen LogP contribution in [0.5, 0.6) is 5.75 Å². The van der Waals surface area contributed by atoms with Crippen LogP contribution in [0, 0.1) is 6.92 Å². The van der Waals surface area contributed by atoms with Gasteiger partial charge in [-0.3, -0.25) is 9.59 Å². The molecule has 2 aromatic carbocycles. The monoisotopic (exact) mass is 431 g/mol. The molecule has 1 atom stereocenters. The van der Waals surface area contributed by atoms with Gasteiger partial charge in [0.2, 0.25) is 15.9 Å². The third-order valence-corrected chi connectivity index (χ3v) is 6.85. The van der Waals surface area contributed by atoms with Crippen LogP contribution in [0.4, 0.5) is 11.4 Å². The number of hydrogen-bond donors (Lipinski definition) is 2. The summed E-state index contributed by atoms with van der Waals surface area (Å²) in [6.45, 7) is 4.90. The van der Waals surface area contributed by atoms with Gasteiger partial charge in [0.25, 0.3) is 5.91 Å². The number of hydrogen-bond acceptors (Lipinski definition) is 5. The number of nitrogens with one attached hydrogen (secondary N) is 2. The first kappa shape index (κ1) is 21.8. The molecular weight excluding hydrogens is 406 g/mol. The van der Waals surface area contributed by atoms with Crippen molar-refractivity contribution in [3.8, 4) is 5.75 Å². The van der Waals surface area contributed by atoms with Crippen molar-refractivity contribution in [1.29, 1.82) is 0 Å². The molecule has 0 aromatic heterocycles. The number of sulfonamides is 1. The molecule has 0 unspecified atom stereocenters. The lowest BCUT2D eigenvalue weighted by atomic mass is 10.1. The predicted molar refractivity (Wildman–Crippen MR) is 114 cm³/mol. The van der Waals surface area contributed by atoms with Gasteiger partial charge in [-0.15, -0.1) is 0 Å². The topological polar surface area (TPSA) is 105 Å². The summed E-state index contributed by atoms with van der Waals surface area (Å²) >= 11 is 0. The smallest absolute Gasteiger partial charge is 0.265 e. The number of rotatable bonds is 6. The van der Waals surface area contributed by atoms with E-state index in [1.807, 2.05) is 19.1 Å². The van der Waals surface area contributed by atoms with Crippen molar-refractivity contribution in [2.45, 2.75) is 38.2 Å². The van der Waals surface area contributed by atoms with Crippen LogP contribution < -0.4 is 15.4 Å². The molecule has 1 aliphatic rings. The molecular formula is C21H25N3O5S. The van der Waals surface area contributed by atoms with Gasteiger partial charge in [-0.05, 0) is 49.6 Å². The van der Waals surface area contributed by atoms with E-state index in [-0.39, 0.29) is 23.1 Å². The second-order valence-corrected chi connectivity index (χ2v) is 9.24. The molecule has 3 rings (SSSR count). The van der Waals surface area contributed by atoms with Crippen LogP contribution in [0.1, 0.15) is 25.0 Å². The van der Waals surface area contributed by atoms with Crippen molar-refractivity contribution >= 4 is 33.2 Å². The zero-order chi connectivity index (χ0) is 22.1. The van der Waals surface area contributed by atoms with Gasteiger partial charge in [-0.2, -0.15) is 4.31 Å². The Morgan fingerprint density at radius 3 is 2.53 bits per heavy atom. The number of carbonyl (C=O) groups is 2. The van der Waals surface area contributed by atoms with Crippen molar-refractivity contribution < 1.29 is 22.7 Å². The maximum atomic E-state index is 13.1. The molecule has 0 saturated carbocycles. The normalized spacial score (nSPS) is 15.9. The van der Waals surface area contributed by atoms with E-state index in [0.29, 0.717) is 16.9 Å². The number of fused-ring (bicyclic) bond motifs is 1. The summed E-state index contributed by atoms with van der Waals surface area (Å²) in [4.78, 5) is 24.1. The van der Waals surface area contributed by atoms with E-state index < -0.39 is 22.0 Å². The Morgan fingerprint density at radius 2 is 1.90 bits per heavy atom. The van der Waals surface area contributed by atoms with Gasteiger partial charge < -0.3 is 15.4 Å². The summed E-state index contributed by atoms with van der Waals surface area (Å²) in [7, 11) is -2.61. The Balaban J connectivity index is 1.76. The highest BCUT2D eigenvalue weighted by atomic mass is 32.2. The minimum atomic E-state index is -3.95. The molecule has 8 nitrogen and oxygen atoms in total. The second-order valence-electron chi connectivity index (χ2n) is 7.22. The Kier molecular flexibility index (Phi) is 6.14. The molecule has 2 aromatic rings. The second kappa shape index (κ2) is 8.45. The Morgan fingerprint density at radius 1 is 1.23 bits per heavy atom. The zero-order valence-electron chi connectivity index (χ0n) is 17.4. The minimum absolute atomic E-state index is 0.0206. The first-order valence-corrected chi connectivity index (χ1v) is 11.0. The van der Waals surface area contributed by atoms with Crippen LogP contribution in [0.15, 0.2) is 41.3 Å². The molecule has 0 fully saturated rings. The van der Waals surface area contributed by atoms with E-state index in [2.05, 4.69) is 10.6 Å². The fourth-order valence-corrected chi connectivity index (χ4v) is 4.45. The highest BCUT2D eigenvalue weighted by Crippen LogP contribution is 2.35. The van der Waals surface area contributed by atoms with Crippen LogP contribution in [0.25, 0.3) is 0 Å². The number of ether oxygens (including phenoxy) is 1. The van der Waals surface area contributed by atoms with Gasteiger partial charge in [0.05, 0.1) is 17.1 Å². The quantitative estimate of drug-likeness (QED) is 0.731. The summed E-state index contributed by atoms with van der Waals surface area (Å²) in [6, 6.07) is 10.3. The van der Waals surface area contributed by atoms with Crippen molar-refractivity contribution in [2.75, 3.05) is 24.2 Å². The van der Waals surface area contributed by atoms with E-state index in [1.165, 1.54) is 13.1 Å². The Hall–Kier alpha value is -2.91. The van der Waals surface area contributed by atoms with E-state index >= 15 is 0 Å². The molecule has 9 heteroatoms. The number of likely N-dealkylation sites (N-methyl/N-ethyl adjacent to an activating group) is 1. The van der Waals surface area contributed by atoms with Gasteiger partial charge in [-0.25, -0.2) is 8.42 Å². The molecule has 0 spiro atoms. The van der Waals surface area contributed by atoms with Crippen LogP contribution in [-0.4, -0.2) is 44.2 Å². The van der Waals surface area contributed by atoms with E-state index in [4.69, 9.17) is 4.74 Å². The third-order valence-electron chi connectivity index (χ3n) is 4.91. The largest absolute Gasteiger partial charge is 0.479 e. The Bertz CT molecular complexity index is 1080. The minimum Gasteiger partial charge on any atom is -0.479 e. The summed E-state index contributed by atoms with van der Waals surface area (Å²) in [5, 5.41) is 5.40. The van der Waals surface area contributed by atoms with Gasteiger partial charge in [0, 0.05) is 18.8 Å². The first-order chi connectivity index (χ1) is 14.1. The van der Waals surface area contributed by atoms with Gasteiger partial charge in [-0.1, -0.05) is 19.1 Å². The SMILES string of the molecule is CCc1ccc(NC(=O)CN(C)S(=O)(=O)c2cc3c(cc2C)NC(=O)[C@@H](C)O3)cc1. The summed E-state index contributed by atoms with van der Waals surface area (Å²) < 4.78 is 32.6. The molecule has 0 saturated heterocycles. The van der Waals surface area contributed by atoms with Gasteiger partial charge in [0.15, 0.2) is 6.10 Å². The summed E-state index contributed by atoms with van der Waals surface area (Å²) in [6.07, 6.45) is 0.167. The van der Waals surface area contributed by atoms with Crippen molar-refractivity contribution in [1.82, 2.24) is 4.31 Å². The average Bonchev–Trinajstić information content (AvgIpc) is 2.69. The average molecular weight is 432 g/mol. The zero-order valence-corrected chi connectivity index (χ0v) is 18.2. The molecule has 160 valence electrons. The fraction of sp³-hybridized carbons (Fsp3) is 0.333. The van der Waals surface area contributed by atoms with Crippen LogP contribution >= 0.6 is 0 Å². The molecule has 2 N–H and O–H groups in total. The van der Waals surface area contributed by atoms with Crippen molar-refractivity contribution in [2.24, 2.45) is 0 Å². The van der Waals surface area contributed by atoms with E-state index in [0.717, 1.165) is 16.3 Å². The van der Waals surface area contributed by atoms with Gasteiger partial charge in [0.1, 0.15) is 5.75 Å². The van der Waals surface area contributed by atoms with Crippen molar-refractivity contribution in [3.05, 3.63) is 47.5 Å². The standard InChI is InChI=1S/C21H25N3O5S/c1-5-15-6-8-16(9-7-15)22-20(25)12-24(4)30(27,28)19-11-18-17(10-13(19)2)23-21(26)14(3)29-18/h6-11,14H,5,12H2,1-4H3,(H,22,25)(H,23,26)/t14-/m1/s1. The lowest BCUT2D eigenvalue weighted by molar-refractivity contribution is -0.122. The predicted octanol–water partition coefficient (Wildman–Crippen LogP) is 2.54. The third kappa shape index (κ3) is 4.47. The number of carbonyl (C=O) groups excluding carboxylic acids is 2. The molecule has 0 radical (unpaired) electrons. The van der Waals surface area contributed by atoms with Crippen LogP contribution in [-0.2, 0) is 26.0 Å². The number of nitrogens with zero attached hydrogens (tertiary/aromatic N) is 1. The molecule has 0 bridgehead atoms. The van der Waals surface area contributed by atoms with Crippen molar-refractivity contribution in [3.63, 3.8) is 0 Å². The first-order valence-electron chi connectivity index (χ1n) is 9.59. The number of anilines is 2. The van der Waals surface area contributed by atoms with Crippen LogP contribution in [0.2, 0.25) is 0 Å². The van der Waals surface area contributed by atoms with Crippen LogP contribution in [0.3, 0.4) is 0 Å². The van der Waals surface area contributed by atoms with E-state index in [1.54, 1.807) is 32.0 Å². The fourth-order valence-electron chi connectivity index (χ4n) is 3.10. The molecule has 1 heterocycles. The Labute approximate surface area is 176 Å². The molecule has 2 amide bonds. The summed E-state index contributed by atoms with van der Waals surface area (Å²) in [5.41, 5.74) is 2.61. The van der Waals surface area contributed by atoms with Gasteiger partial charge >= 0.3 is 0 Å². The number of aryl methyl sites for hydroxylation is 2. The van der Waals surface area contributed by atoms with E-state index in [9.17, 15) is 18.0 Å². The maximum absolute atomic E-state index is 13.1. The molecule has 30 heavy (non-hydrogen) atoms. The lowest BCUT2D eigenvalue weighted by Crippen LogP contribution is -2.36. The maximum Gasteiger partial charge on any atom is 0.265 e. The molecule has 1 aliphatic heterocycles. The number of benzene rings is 2. The highest BCUT2D eigenvalue weighted by Gasteiger charge is 2.30.